The number of amides is 1. The number of carbonyl (C=O) groups is 1. The van der Waals surface area contributed by atoms with Crippen LogP contribution in [0, 0.1) is 6.92 Å². The van der Waals surface area contributed by atoms with Crippen LogP contribution in [0.3, 0.4) is 0 Å². The second-order valence-electron chi connectivity index (χ2n) is 5.53. The largest absolute Gasteiger partial charge is 0.460 e. The number of hydrogen-bond donors (Lipinski definition) is 3. The number of furan rings is 1. The van der Waals surface area contributed by atoms with Gasteiger partial charge >= 0.3 is 0 Å². The Morgan fingerprint density at radius 3 is 2.89 bits per heavy atom. The summed E-state index contributed by atoms with van der Waals surface area (Å²) in [5.74, 6) is 7.58. The van der Waals surface area contributed by atoms with Gasteiger partial charge in [0.05, 0.1) is 17.7 Å². The standard InChI is InChI=1S/C17H19N7O2S2/c1-11-7-8-12(26-11)9-19-21-16-22-23-17(24(16)18)28-10-15(25)20-13-5-3-4-6-14(13)27-2/h3-9H,10,18H2,1-2H3,(H,20,25)(H,21,22)/b19-9+. The molecule has 1 amide bonds. The van der Waals surface area contributed by atoms with Gasteiger partial charge in [-0.05, 0) is 37.4 Å². The predicted molar refractivity (Wildman–Crippen MR) is 112 cm³/mol. The van der Waals surface area contributed by atoms with E-state index < -0.39 is 0 Å². The van der Waals surface area contributed by atoms with Gasteiger partial charge in [0.25, 0.3) is 5.95 Å². The van der Waals surface area contributed by atoms with Gasteiger partial charge in [-0.1, -0.05) is 23.9 Å². The van der Waals surface area contributed by atoms with E-state index in [9.17, 15) is 4.79 Å². The van der Waals surface area contributed by atoms with Crippen LogP contribution in [-0.2, 0) is 4.79 Å². The van der Waals surface area contributed by atoms with E-state index in [1.165, 1.54) is 22.7 Å². The number of aryl methyl sites for hydroxylation is 1. The lowest BCUT2D eigenvalue weighted by Crippen LogP contribution is -2.17. The van der Waals surface area contributed by atoms with Crippen molar-refractivity contribution in [2.45, 2.75) is 17.0 Å². The molecule has 9 nitrogen and oxygen atoms in total. The summed E-state index contributed by atoms with van der Waals surface area (Å²) in [6.07, 6.45) is 3.46. The average Bonchev–Trinajstić information content (AvgIpc) is 3.26. The fraction of sp³-hybridized carbons (Fsp3) is 0.176. The van der Waals surface area contributed by atoms with Gasteiger partial charge < -0.3 is 15.6 Å². The highest BCUT2D eigenvalue weighted by molar-refractivity contribution is 7.99. The highest BCUT2D eigenvalue weighted by atomic mass is 32.2. The first-order valence-electron chi connectivity index (χ1n) is 8.18. The molecule has 0 aliphatic heterocycles. The van der Waals surface area contributed by atoms with Crippen molar-refractivity contribution >= 4 is 47.3 Å². The van der Waals surface area contributed by atoms with Gasteiger partial charge in [0.1, 0.15) is 11.5 Å². The minimum absolute atomic E-state index is 0.146. The number of para-hydroxylation sites is 1. The van der Waals surface area contributed by atoms with Crippen LogP contribution in [-0.4, -0.2) is 39.0 Å². The molecule has 3 aromatic rings. The fourth-order valence-electron chi connectivity index (χ4n) is 2.19. The molecule has 146 valence electrons. The van der Waals surface area contributed by atoms with Gasteiger partial charge in [0.2, 0.25) is 11.1 Å². The van der Waals surface area contributed by atoms with Crippen LogP contribution >= 0.6 is 23.5 Å². The Morgan fingerprint density at radius 2 is 2.14 bits per heavy atom. The van der Waals surface area contributed by atoms with Crippen molar-refractivity contribution in [1.29, 1.82) is 0 Å². The van der Waals surface area contributed by atoms with Crippen LogP contribution in [0.1, 0.15) is 11.5 Å². The zero-order chi connectivity index (χ0) is 19.9. The number of nitrogens with zero attached hydrogens (tertiary/aromatic N) is 4. The third kappa shape index (κ3) is 5.08. The van der Waals surface area contributed by atoms with Gasteiger partial charge in [-0.3, -0.25) is 4.79 Å². The SMILES string of the molecule is CSc1ccccc1NC(=O)CSc1nnc(N/N=C/c2ccc(C)o2)n1N. The molecule has 28 heavy (non-hydrogen) atoms. The highest BCUT2D eigenvalue weighted by Gasteiger charge is 2.13. The van der Waals surface area contributed by atoms with E-state index in [1.54, 1.807) is 17.8 Å². The number of thioether (sulfide) groups is 2. The molecule has 0 saturated carbocycles. The molecule has 1 aromatic carbocycles. The number of benzene rings is 1. The summed E-state index contributed by atoms with van der Waals surface area (Å²) in [7, 11) is 0. The Balaban J connectivity index is 1.53. The van der Waals surface area contributed by atoms with E-state index in [0.29, 0.717) is 10.9 Å². The second kappa shape index (κ2) is 9.33. The Kier molecular flexibility index (Phi) is 6.61. The number of aromatic nitrogens is 3. The number of nitrogen functional groups attached to an aromatic ring is 1. The average molecular weight is 418 g/mol. The van der Waals surface area contributed by atoms with E-state index in [-0.39, 0.29) is 17.6 Å². The molecule has 2 aromatic heterocycles. The Morgan fingerprint density at radius 1 is 1.32 bits per heavy atom. The quantitative estimate of drug-likeness (QED) is 0.221. The lowest BCUT2D eigenvalue weighted by molar-refractivity contribution is -0.113. The van der Waals surface area contributed by atoms with Gasteiger partial charge in [-0.15, -0.1) is 22.0 Å². The van der Waals surface area contributed by atoms with Crippen LogP contribution in [0.5, 0.6) is 0 Å². The van der Waals surface area contributed by atoms with Crippen LogP contribution in [0.25, 0.3) is 0 Å². The molecule has 0 fully saturated rings. The molecular weight excluding hydrogens is 398 g/mol. The molecule has 0 aliphatic rings. The zero-order valence-electron chi connectivity index (χ0n) is 15.2. The molecule has 4 N–H and O–H groups in total. The minimum Gasteiger partial charge on any atom is -0.460 e. The molecule has 0 atom stereocenters. The van der Waals surface area contributed by atoms with E-state index >= 15 is 0 Å². The Labute approximate surface area is 170 Å². The maximum Gasteiger partial charge on any atom is 0.264 e. The second-order valence-corrected chi connectivity index (χ2v) is 7.32. The van der Waals surface area contributed by atoms with E-state index in [0.717, 1.165) is 16.3 Å². The maximum atomic E-state index is 12.2. The van der Waals surface area contributed by atoms with Crippen molar-refractivity contribution in [1.82, 2.24) is 14.9 Å². The molecule has 0 spiro atoms. The summed E-state index contributed by atoms with van der Waals surface area (Å²) in [6.45, 7) is 1.85. The summed E-state index contributed by atoms with van der Waals surface area (Å²) in [6, 6.07) is 11.2. The van der Waals surface area contributed by atoms with Crippen molar-refractivity contribution in [3.05, 3.63) is 47.9 Å². The molecule has 0 bridgehead atoms. The first-order chi connectivity index (χ1) is 13.6. The number of carbonyl (C=O) groups excluding carboxylic acids is 1. The van der Waals surface area contributed by atoms with Crippen molar-refractivity contribution in [3.63, 3.8) is 0 Å². The van der Waals surface area contributed by atoms with E-state index in [1.807, 2.05) is 43.5 Å². The first kappa shape index (κ1) is 19.8. The lowest BCUT2D eigenvalue weighted by atomic mass is 10.3. The zero-order valence-corrected chi connectivity index (χ0v) is 16.9. The van der Waals surface area contributed by atoms with Crippen molar-refractivity contribution in [2.24, 2.45) is 5.10 Å². The van der Waals surface area contributed by atoms with Crippen LogP contribution in [0.2, 0.25) is 0 Å². The van der Waals surface area contributed by atoms with Crippen LogP contribution < -0.4 is 16.6 Å². The summed E-state index contributed by atoms with van der Waals surface area (Å²) >= 11 is 2.75. The molecule has 0 aliphatic carbocycles. The van der Waals surface area contributed by atoms with Gasteiger partial charge in [-0.2, -0.15) is 5.10 Å². The monoisotopic (exact) mass is 417 g/mol. The van der Waals surface area contributed by atoms with E-state index in [4.69, 9.17) is 10.3 Å². The lowest BCUT2D eigenvalue weighted by Gasteiger charge is -2.08. The molecular formula is C17H19N7O2S2. The smallest absolute Gasteiger partial charge is 0.264 e. The summed E-state index contributed by atoms with van der Waals surface area (Å²) in [4.78, 5) is 13.2. The Hall–Kier alpha value is -2.92. The van der Waals surface area contributed by atoms with Crippen LogP contribution in [0.4, 0.5) is 11.6 Å². The first-order valence-corrected chi connectivity index (χ1v) is 10.4. The number of nitrogens with two attached hydrogens (primary N) is 1. The van der Waals surface area contributed by atoms with Gasteiger partial charge in [0, 0.05) is 4.90 Å². The molecule has 0 saturated heterocycles. The van der Waals surface area contributed by atoms with Crippen LogP contribution in [0.15, 0.2) is 56.0 Å². The topological polar surface area (TPSA) is 123 Å². The summed E-state index contributed by atoms with van der Waals surface area (Å²) in [5.41, 5.74) is 3.47. The fourth-order valence-corrected chi connectivity index (χ4v) is 3.40. The van der Waals surface area contributed by atoms with Crippen molar-refractivity contribution in [3.8, 4) is 0 Å². The molecule has 0 unspecified atom stereocenters. The highest BCUT2D eigenvalue weighted by Crippen LogP contribution is 2.25. The predicted octanol–water partition coefficient (Wildman–Crippen LogP) is 2.79. The minimum atomic E-state index is -0.157. The molecule has 11 heteroatoms. The Bertz CT molecular complexity index is 984. The van der Waals surface area contributed by atoms with Gasteiger partial charge in [-0.25, -0.2) is 10.1 Å². The third-order valence-electron chi connectivity index (χ3n) is 3.50. The number of nitrogens with one attached hydrogen (secondary N) is 2. The summed E-state index contributed by atoms with van der Waals surface area (Å²) < 4.78 is 6.61. The molecule has 3 rings (SSSR count). The molecule has 2 heterocycles. The van der Waals surface area contributed by atoms with Crippen molar-refractivity contribution in [2.75, 3.05) is 28.6 Å². The van der Waals surface area contributed by atoms with Gasteiger partial charge in [0.15, 0.2) is 0 Å². The third-order valence-corrected chi connectivity index (χ3v) is 5.23. The summed E-state index contributed by atoms with van der Waals surface area (Å²) in [5, 5.41) is 15.2. The maximum absolute atomic E-state index is 12.2. The van der Waals surface area contributed by atoms with Crippen molar-refractivity contribution < 1.29 is 9.21 Å². The number of hydrazone groups is 1. The number of rotatable bonds is 8. The molecule has 0 radical (unpaired) electrons. The number of anilines is 2. The van der Waals surface area contributed by atoms with E-state index in [2.05, 4.69) is 26.0 Å². The number of hydrogen-bond acceptors (Lipinski definition) is 9. The normalized spacial score (nSPS) is 11.1.